The first-order chi connectivity index (χ1) is 19.6. The zero-order valence-corrected chi connectivity index (χ0v) is 26.0. The molecular weight excluding hydrogens is 537 g/mol. The van der Waals surface area contributed by atoms with Crippen molar-refractivity contribution in [3.05, 3.63) is 46.0 Å². The van der Waals surface area contributed by atoms with Gasteiger partial charge in [-0.1, -0.05) is 13.8 Å². The predicted molar refractivity (Wildman–Crippen MR) is 160 cm³/mol. The van der Waals surface area contributed by atoms with Crippen molar-refractivity contribution in [1.29, 1.82) is 0 Å². The Bertz CT molecular complexity index is 1570. The molecule has 1 atom stereocenters. The lowest BCUT2D eigenvalue weighted by Gasteiger charge is -2.36. The number of benzene rings is 1. The summed E-state index contributed by atoms with van der Waals surface area (Å²) in [4.78, 5) is 33.3. The van der Waals surface area contributed by atoms with Crippen LogP contribution < -0.4 is 4.74 Å². The van der Waals surface area contributed by atoms with Crippen LogP contribution in [0.4, 0.5) is 4.39 Å². The Morgan fingerprint density at radius 3 is 2.45 bits per heavy atom. The maximum atomic E-state index is 15.6. The summed E-state index contributed by atoms with van der Waals surface area (Å²) >= 11 is 0. The molecule has 1 N–H and O–H groups in total. The summed E-state index contributed by atoms with van der Waals surface area (Å²) in [5.41, 5.74) is 3.85. The first kappa shape index (κ1) is 30.0. The molecule has 4 heterocycles. The standard InChI is InChI=1S/C33H42FN3O5/c1-18-20-10-9-15-41-27(20)23(34)16-21(18)26-22-17-24(30(38)37-13-11-33(6,7)12-14-37)36(8)29(22)35-19(2)25(26)28(31(39)40)42-32(3,4)5/h16-17,28H,9-15H2,1-8H3,(H,39,40)/t28-/m0/s1. The number of aromatic nitrogens is 2. The van der Waals surface area contributed by atoms with Gasteiger partial charge in [0, 0.05) is 47.9 Å². The van der Waals surface area contributed by atoms with Crippen LogP contribution in [-0.2, 0) is 23.0 Å². The van der Waals surface area contributed by atoms with Crippen LogP contribution in [0, 0.1) is 25.1 Å². The number of ether oxygens (including phenoxy) is 2. The van der Waals surface area contributed by atoms with E-state index in [0.717, 1.165) is 30.4 Å². The van der Waals surface area contributed by atoms with Crippen LogP contribution in [0.5, 0.6) is 5.75 Å². The Morgan fingerprint density at radius 2 is 1.83 bits per heavy atom. The number of aryl methyl sites for hydroxylation is 2. The molecule has 0 saturated carbocycles. The zero-order valence-electron chi connectivity index (χ0n) is 26.0. The van der Waals surface area contributed by atoms with E-state index >= 15 is 4.39 Å². The van der Waals surface area contributed by atoms with Gasteiger partial charge in [-0.2, -0.15) is 0 Å². The van der Waals surface area contributed by atoms with E-state index in [0.29, 0.717) is 65.2 Å². The third-order valence-electron chi connectivity index (χ3n) is 8.69. The highest BCUT2D eigenvalue weighted by molar-refractivity contribution is 6.04. The van der Waals surface area contributed by atoms with E-state index in [1.165, 1.54) is 6.07 Å². The number of hydrogen-bond acceptors (Lipinski definition) is 5. The quantitative estimate of drug-likeness (QED) is 0.370. The minimum absolute atomic E-state index is 0.0985. The van der Waals surface area contributed by atoms with Crippen LogP contribution in [-0.4, -0.2) is 56.7 Å². The zero-order chi connectivity index (χ0) is 30.7. The summed E-state index contributed by atoms with van der Waals surface area (Å²) in [7, 11) is 1.80. The SMILES string of the molecule is Cc1nc2c(cc(C(=O)N3CCC(C)(C)CC3)n2C)c(-c2cc(F)c3c(c2C)CCCO3)c1[C@H](OC(C)(C)C)C(=O)O. The van der Waals surface area contributed by atoms with Crippen molar-refractivity contribution in [3.8, 4) is 16.9 Å². The monoisotopic (exact) mass is 579 g/mol. The topological polar surface area (TPSA) is 93.9 Å². The molecule has 42 heavy (non-hydrogen) atoms. The fourth-order valence-electron chi connectivity index (χ4n) is 6.25. The van der Waals surface area contributed by atoms with E-state index in [-0.39, 0.29) is 17.1 Å². The highest BCUT2D eigenvalue weighted by atomic mass is 19.1. The van der Waals surface area contributed by atoms with E-state index in [9.17, 15) is 14.7 Å². The van der Waals surface area contributed by atoms with Crippen LogP contribution in [0.1, 0.15) is 92.9 Å². The van der Waals surface area contributed by atoms with Crippen LogP contribution in [0.25, 0.3) is 22.2 Å². The van der Waals surface area contributed by atoms with Gasteiger partial charge in [0.15, 0.2) is 17.7 Å². The molecule has 1 fully saturated rings. The third-order valence-corrected chi connectivity index (χ3v) is 8.69. The number of pyridine rings is 1. The van der Waals surface area contributed by atoms with Crippen LogP contribution in [0.2, 0.25) is 0 Å². The lowest BCUT2D eigenvalue weighted by molar-refractivity contribution is -0.160. The van der Waals surface area contributed by atoms with Crippen LogP contribution in [0.15, 0.2) is 12.1 Å². The normalized spacial score (nSPS) is 17.6. The molecule has 0 bridgehead atoms. The van der Waals surface area contributed by atoms with Crippen molar-refractivity contribution >= 4 is 22.9 Å². The smallest absolute Gasteiger partial charge is 0.337 e. The van der Waals surface area contributed by atoms with Gasteiger partial charge < -0.3 is 24.0 Å². The largest absolute Gasteiger partial charge is 0.490 e. The summed E-state index contributed by atoms with van der Waals surface area (Å²) in [5, 5.41) is 11.0. The third kappa shape index (κ3) is 5.39. The maximum Gasteiger partial charge on any atom is 0.337 e. The Balaban J connectivity index is 1.79. The molecule has 1 aromatic carbocycles. The van der Waals surface area contributed by atoms with E-state index in [1.807, 2.05) is 11.8 Å². The van der Waals surface area contributed by atoms with Crippen molar-refractivity contribution in [1.82, 2.24) is 14.5 Å². The Kier molecular flexibility index (Phi) is 7.62. The minimum Gasteiger partial charge on any atom is -0.490 e. The summed E-state index contributed by atoms with van der Waals surface area (Å²) in [6, 6.07) is 3.21. The first-order valence-electron chi connectivity index (χ1n) is 14.7. The van der Waals surface area contributed by atoms with Gasteiger partial charge in [0.2, 0.25) is 0 Å². The van der Waals surface area contributed by atoms with Gasteiger partial charge in [-0.15, -0.1) is 0 Å². The van der Waals surface area contributed by atoms with Crippen molar-refractivity contribution in [2.24, 2.45) is 12.5 Å². The molecule has 2 aliphatic heterocycles. The van der Waals surface area contributed by atoms with Crippen molar-refractivity contribution in [2.75, 3.05) is 19.7 Å². The predicted octanol–water partition coefficient (Wildman–Crippen LogP) is 6.52. The van der Waals surface area contributed by atoms with Gasteiger partial charge in [0.1, 0.15) is 11.3 Å². The molecule has 2 aliphatic rings. The second-order valence-electron chi connectivity index (χ2n) is 13.5. The van der Waals surface area contributed by atoms with E-state index in [1.54, 1.807) is 45.4 Å². The molecule has 0 radical (unpaired) electrons. The average Bonchev–Trinajstić information content (AvgIpc) is 3.23. The molecule has 0 aliphatic carbocycles. The summed E-state index contributed by atoms with van der Waals surface area (Å²) in [6.45, 7) is 15.3. The fraction of sp³-hybridized carbons (Fsp3) is 0.545. The lowest BCUT2D eigenvalue weighted by atomic mass is 9.82. The number of halogens is 1. The molecule has 9 heteroatoms. The molecule has 3 aromatic rings. The second-order valence-corrected chi connectivity index (χ2v) is 13.5. The Hall–Kier alpha value is -3.46. The molecule has 1 saturated heterocycles. The van der Waals surface area contributed by atoms with Crippen molar-refractivity contribution < 1.29 is 28.6 Å². The number of carbonyl (C=O) groups is 2. The van der Waals surface area contributed by atoms with Crippen molar-refractivity contribution in [3.63, 3.8) is 0 Å². The number of likely N-dealkylation sites (tertiary alicyclic amines) is 1. The molecule has 0 spiro atoms. The number of aliphatic carboxylic acids is 1. The van der Waals surface area contributed by atoms with Gasteiger partial charge in [-0.3, -0.25) is 4.79 Å². The molecular formula is C33H42FN3O5. The number of amides is 1. The number of rotatable bonds is 5. The summed E-state index contributed by atoms with van der Waals surface area (Å²) in [5.74, 6) is -1.51. The number of carboxylic acid groups (broad SMARTS) is 1. The molecule has 226 valence electrons. The van der Waals surface area contributed by atoms with Crippen LogP contribution >= 0.6 is 0 Å². The minimum atomic E-state index is -1.37. The van der Waals surface area contributed by atoms with E-state index < -0.39 is 23.5 Å². The molecule has 8 nitrogen and oxygen atoms in total. The number of hydrogen-bond donors (Lipinski definition) is 1. The summed E-state index contributed by atoms with van der Waals surface area (Å²) < 4.78 is 29.2. The first-order valence-corrected chi connectivity index (χ1v) is 14.7. The highest BCUT2D eigenvalue weighted by Gasteiger charge is 2.36. The summed E-state index contributed by atoms with van der Waals surface area (Å²) in [6.07, 6.45) is 1.87. The van der Waals surface area contributed by atoms with E-state index in [2.05, 4.69) is 13.8 Å². The van der Waals surface area contributed by atoms with Crippen LogP contribution in [0.3, 0.4) is 0 Å². The molecule has 1 amide bonds. The van der Waals surface area contributed by atoms with Crippen molar-refractivity contribution in [2.45, 2.75) is 85.9 Å². The number of fused-ring (bicyclic) bond motifs is 2. The molecule has 0 unspecified atom stereocenters. The highest BCUT2D eigenvalue weighted by Crippen LogP contribution is 2.45. The Labute approximate surface area is 246 Å². The maximum absolute atomic E-state index is 15.6. The number of nitrogens with zero attached hydrogens (tertiary/aromatic N) is 3. The van der Waals surface area contributed by atoms with Gasteiger partial charge >= 0.3 is 5.97 Å². The molecule has 5 rings (SSSR count). The van der Waals surface area contributed by atoms with Gasteiger partial charge in [0.05, 0.1) is 12.2 Å². The van der Waals surface area contributed by atoms with Gasteiger partial charge in [-0.25, -0.2) is 14.2 Å². The lowest BCUT2D eigenvalue weighted by Crippen LogP contribution is -2.41. The van der Waals surface area contributed by atoms with E-state index in [4.69, 9.17) is 14.5 Å². The molecule has 2 aromatic heterocycles. The fourth-order valence-corrected chi connectivity index (χ4v) is 6.25. The second kappa shape index (κ2) is 10.7. The number of carbonyl (C=O) groups excluding carboxylic acids is 1. The van der Waals surface area contributed by atoms with Gasteiger partial charge in [0.25, 0.3) is 5.91 Å². The van der Waals surface area contributed by atoms with Gasteiger partial charge in [-0.05, 0) is 89.0 Å². The average molecular weight is 580 g/mol. The number of piperidine rings is 1. The Morgan fingerprint density at radius 1 is 1.17 bits per heavy atom. The number of carboxylic acids is 1.